The lowest BCUT2D eigenvalue weighted by Gasteiger charge is -2.33. The van der Waals surface area contributed by atoms with E-state index >= 15 is 0 Å². The predicted octanol–water partition coefficient (Wildman–Crippen LogP) is 1.80. The van der Waals surface area contributed by atoms with Crippen molar-refractivity contribution in [2.45, 2.75) is 10.8 Å². The molecule has 0 aromatic carbocycles. The largest absolute Gasteiger partial charge is 0.338 e. The first-order valence-electron chi connectivity index (χ1n) is 7.64. The van der Waals surface area contributed by atoms with Crippen molar-refractivity contribution < 1.29 is 13.2 Å². The van der Waals surface area contributed by atoms with Gasteiger partial charge in [0.2, 0.25) is 5.91 Å². The Balaban J connectivity index is 1.65. The number of hydrogen-bond donors (Lipinski definition) is 0. The highest BCUT2D eigenvalue weighted by atomic mass is 35.5. The Kier molecular flexibility index (Phi) is 6.14. The number of sulfonamides is 1. The Morgan fingerprint density at radius 3 is 2.41 bits per heavy atom. The van der Waals surface area contributed by atoms with Crippen LogP contribution in [0.3, 0.4) is 0 Å². The molecular formula is C14H13Cl3N4O4S2. The van der Waals surface area contributed by atoms with Crippen LogP contribution in [0.25, 0.3) is 0 Å². The van der Waals surface area contributed by atoms with Crippen molar-refractivity contribution in [2.24, 2.45) is 0 Å². The normalized spacial score (nSPS) is 15.9. The van der Waals surface area contributed by atoms with Crippen molar-refractivity contribution in [2.75, 3.05) is 26.2 Å². The number of halogens is 3. The Bertz CT molecular complexity index is 1030. The molecule has 0 radical (unpaired) electrons. The number of piperazine rings is 1. The molecule has 1 fully saturated rings. The van der Waals surface area contributed by atoms with E-state index in [0.29, 0.717) is 4.34 Å². The zero-order chi connectivity index (χ0) is 19.8. The van der Waals surface area contributed by atoms with E-state index in [1.54, 1.807) is 0 Å². The van der Waals surface area contributed by atoms with Crippen LogP contribution in [0.2, 0.25) is 14.4 Å². The number of rotatable bonds is 4. The molecule has 1 saturated heterocycles. The second kappa shape index (κ2) is 8.06. The van der Waals surface area contributed by atoms with Crippen LogP contribution in [0.5, 0.6) is 0 Å². The summed E-state index contributed by atoms with van der Waals surface area (Å²) < 4.78 is 27.9. The van der Waals surface area contributed by atoms with Gasteiger partial charge in [0.05, 0.1) is 15.6 Å². The quantitative estimate of drug-likeness (QED) is 0.678. The summed E-state index contributed by atoms with van der Waals surface area (Å²) in [5.74, 6) is -0.362. The molecule has 0 N–H and O–H groups in total. The summed E-state index contributed by atoms with van der Waals surface area (Å²) in [5, 5.41) is 3.60. The van der Waals surface area contributed by atoms with Crippen LogP contribution in [0.15, 0.2) is 27.3 Å². The van der Waals surface area contributed by atoms with Gasteiger partial charge in [0.1, 0.15) is 15.8 Å². The topological polar surface area (TPSA) is 92.6 Å². The molecule has 1 aliphatic heterocycles. The fourth-order valence-corrected chi connectivity index (χ4v) is 5.86. The molecule has 0 aliphatic carbocycles. The SMILES string of the molecule is O=C(Cn1ncc(Cl)c(Cl)c1=O)N1CCN(S(=O)(=O)c2ccc(Cl)s2)CC1. The summed E-state index contributed by atoms with van der Waals surface area (Å²) in [6.45, 7) is 0.393. The minimum atomic E-state index is -3.64. The zero-order valence-corrected chi connectivity index (χ0v) is 17.5. The number of amides is 1. The molecule has 0 bridgehead atoms. The van der Waals surface area contributed by atoms with E-state index in [9.17, 15) is 18.0 Å². The van der Waals surface area contributed by atoms with Crippen LogP contribution in [0.4, 0.5) is 0 Å². The fourth-order valence-electron chi connectivity index (χ4n) is 2.53. The molecule has 2 aromatic rings. The van der Waals surface area contributed by atoms with E-state index in [0.717, 1.165) is 16.0 Å². The van der Waals surface area contributed by atoms with Crippen LogP contribution >= 0.6 is 46.1 Å². The van der Waals surface area contributed by atoms with Crippen molar-refractivity contribution in [3.8, 4) is 0 Å². The van der Waals surface area contributed by atoms with E-state index in [2.05, 4.69) is 5.10 Å². The Labute approximate surface area is 173 Å². The molecule has 8 nitrogen and oxygen atoms in total. The average Bonchev–Trinajstić information content (AvgIpc) is 3.09. The fraction of sp³-hybridized carbons (Fsp3) is 0.357. The minimum Gasteiger partial charge on any atom is -0.338 e. The van der Waals surface area contributed by atoms with Crippen molar-refractivity contribution in [1.29, 1.82) is 0 Å². The third-order valence-electron chi connectivity index (χ3n) is 3.96. The summed E-state index contributed by atoms with van der Waals surface area (Å²) in [4.78, 5) is 25.9. The molecule has 0 saturated carbocycles. The van der Waals surface area contributed by atoms with E-state index < -0.39 is 15.6 Å². The third kappa shape index (κ3) is 4.30. The summed E-state index contributed by atoms with van der Waals surface area (Å²) in [7, 11) is -3.64. The van der Waals surface area contributed by atoms with Crippen molar-refractivity contribution >= 4 is 62.1 Å². The van der Waals surface area contributed by atoms with Gasteiger partial charge < -0.3 is 4.90 Å². The average molecular weight is 472 g/mol. The van der Waals surface area contributed by atoms with E-state index in [1.807, 2.05) is 0 Å². The Hall–Kier alpha value is -1.17. The first-order valence-corrected chi connectivity index (χ1v) is 11.0. The summed E-state index contributed by atoms with van der Waals surface area (Å²) in [5.41, 5.74) is -0.659. The van der Waals surface area contributed by atoms with Gasteiger partial charge in [0.25, 0.3) is 15.6 Å². The van der Waals surface area contributed by atoms with Crippen molar-refractivity contribution in [3.63, 3.8) is 0 Å². The maximum Gasteiger partial charge on any atom is 0.287 e. The number of thiophene rings is 1. The van der Waals surface area contributed by atoms with Gasteiger partial charge in [-0.1, -0.05) is 34.8 Å². The van der Waals surface area contributed by atoms with Crippen LogP contribution in [0, 0.1) is 0 Å². The first-order chi connectivity index (χ1) is 12.7. The van der Waals surface area contributed by atoms with Gasteiger partial charge in [-0.05, 0) is 12.1 Å². The molecule has 13 heteroatoms. The molecular weight excluding hydrogens is 459 g/mol. The van der Waals surface area contributed by atoms with Gasteiger partial charge in [-0.2, -0.15) is 9.40 Å². The maximum absolute atomic E-state index is 12.6. The molecule has 2 aromatic heterocycles. The van der Waals surface area contributed by atoms with E-state index in [1.165, 1.54) is 27.5 Å². The van der Waals surface area contributed by atoms with Gasteiger partial charge in [-0.15, -0.1) is 11.3 Å². The molecule has 0 unspecified atom stereocenters. The highest BCUT2D eigenvalue weighted by molar-refractivity contribution is 7.91. The second-order valence-corrected chi connectivity index (χ2v) is 10.3. The summed E-state index contributed by atoms with van der Waals surface area (Å²) >= 11 is 18.3. The third-order valence-corrected chi connectivity index (χ3v) is 8.31. The minimum absolute atomic E-state index is 0.0119. The lowest BCUT2D eigenvalue weighted by atomic mass is 10.3. The lowest BCUT2D eigenvalue weighted by molar-refractivity contribution is -0.133. The number of carbonyl (C=O) groups excluding carboxylic acids is 1. The molecule has 3 heterocycles. The summed E-state index contributed by atoms with van der Waals surface area (Å²) in [6.07, 6.45) is 1.19. The standard InChI is InChI=1S/C14H13Cl3N4O4S2/c15-9-7-18-21(14(23)13(9)17)8-11(22)19-3-5-20(6-4-19)27(24,25)12-2-1-10(16)26-12/h1-2,7H,3-6,8H2. The van der Waals surface area contributed by atoms with Crippen LogP contribution in [-0.2, 0) is 21.4 Å². The molecule has 27 heavy (non-hydrogen) atoms. The van der Waals surface area contributed by atoms with Gasteiger partial charge in [-0.3, -0.25) is 9.59 Å². The second-order valence-electron chi connectivity index (χ2n) is 5.61. The highest BCUT2D eigenvalue weighted by Gasteiger charge is 2.31. The number of aromatic nitrogens is 2. The van der Waals surface area contributed by atoms with Crippen LogP contribution < -0.4 is 5.56 Å². The maximum atomic E-state index is 12.6. The van der Waals surface area contributed by atoms with E-state index in [-0.39, 0.29) is 52.9 Å². The zero-order valence-electron chi connectivity index (χ0n) is 13.6. The monoisotopic (exact) mass is 470 g/mol. The van der Waals surface area contributed by atoms with Crippen LogP contribution in [-0.4, -0.2) is 59.5 Å². The number of carbonyl (C=O) groups is 1. The molecule has 1 amide bonds. The smallest absolute Gasteiger partial charge is 0.287 e. The van der Waals surface area contributed by atoms with Crippen molar-refractivity contribution in [1.82, 2.24) is 19.0 Å². The van der Waals surface area contributed by atoms with Gasteiger partial charge in [0, 0.05) is 26.2 Å². The van der Waals surface area contributed by atoms with Gasteiger partial charge in [-0.25, -0.2) is 13.1 Å². The molecule has 1 aliphatic rings. The molecule has 0 atom stereocenters. The summed E-state index contributed by atoms with van der Waals surface area (Å²) in [6, 6.07) is 2.99. The Morgan fingerprint density at radius 2 is 1.81 bits per heavy atom. The first kappa shape index (κ1) is 20.6. The van der Waals surface area contributed by atoms with Gasteiger partial charge in [0.15, 0.2) is 0 Å². The number of nitrogens with zero attached hydrogens (tertiary/aromatic N) is 4. The van der Waals surface area contributed by atoms with E-state index in [4.69, 9.17) is 34.8 Å². The lowest BCUT2D eigenvalue weighted by Crippen LogP contribution is -2.51. The number of hydrogen-bond acceptors (Lipinski definition) is 6. The molecule has 3 rings (SSSR count). The molecule has 0 spiro atoms. The Morgan fingerprint density at radius 1 is 1.15 bits per heavy atom. The van der Waals surface area contributed by atoms with Gasteiger partial charge >= 0.3 is 0 Å². The van der Waals surface area contributed by atoms with Crippen molar-refractivity contribution in [3.05, 3.63) is 43.1 Å². The van der Waals surface area contributed by atoms with Crippen LogP contribution in [0.1, 0.15) is 0 Å². The molecule has 146 valence electrons. The predicted molar refractivity (Wildman–Crippen MR) is 103 cm³/mol. The highest BCUT2D eigenvalue weighted by Crippen LogP contribution is 2.28.